The number of carbonyl (C=O) groups is 1. The molecule has 110 valence electrons. The minimum Gasteiger partial charge on any atom is -0.366 e. The van der Waals surface area contributed by atoms with Crippen LogP contribution in [0.5, 0.6) is 0 Å². The first-order valence-electron chi connectivity index (χ1n) is 5.54. The van der Waals surface area contributed by atoms with E-state index >= 15 is 0 Å². The lowest BCUT2D eigenvalue weighted by Crippen LogP contribution is -2.17. The van der Waals surface area contributed by atoms with Gasteiger partial charge in [-0.05, 0) is 30.3 Å². The molecule has 0 spiro atoms. The van der Waals surface area contributed by atoms with E-state index in [4.69, 9.17) is 17.3 Å². The van der Waals surface area contributed by atoms with E-state index in [0.29, 0.717) is 0 Å². The second-order valence-electron chi connectivity index (χ2n) is 3.95. The van der Waals surface area contributed by atoms with Crippen LogP contribution in [0.2, 0.25) is 5.02 Å². The third-order valence-electron chi connectivity index (χ3n) is 2.47. The Morgan fingerprint density at radius 1 is 1.33 bits per heavy atom. The summed E-state index contributed by atoms with van der Waals surface area (Å²) in [5, 5.41) is -0.745. The van der Waals surface area contributed by atoms with Gasteiger partial charge in [0.1, 0.15) is 0 Å². The number of nitrogens with zero attached hydrogens (tertiary/aromatic N) is 1. The lowest BCUT2D eigenvalue weighted by atomic mass is 10.2. The van der Waals surface area contributed by atoms with Gasteiger partial charge in [-0.3, -0.25) is 9.52 Å². The van der Waals surface area contributed by atoms with E-state index in [1.165, 1.54) is 18.2 Å². The first kappa shape index (κ1) is 15.2. The molecule has 1 amide bonds. The van der Waals surface area contributed by atoms with Crippen LogP contribution >= 0.6 is 11.6 Å². The van der Waals surface area contributed by atoms with Gasteiger partial charge < -0.3 is 5.73 Å². The van der Waals surface area contributed by atoms with Crippen LogP contribution in [0, 0.1) is 5.82 Å². The third-order valence-corrected chi connectivity index (χ3v) is 4.10. The molecule has 1 aromatic heterocycles. The molecule has 0 bridgehead atoms. The smallest absolute Gasteiger partial charge is 0.282 e. The van der Waals surface area contributed by atoms with Crippen LogP contribution in [0.1, 0.15) is 10.4 Å². The number of hydrogen-bond acceptors (Lipinski definition) is 4. The van der Waals surface area contributed by atoms with E-state index in [1.807, 2.05) is 0 Å². The highest BCUT2D eigenvalue weighted by atomic mass is 35.5. The number of primary amides is 1. The van der Waals surface area contributed by atoms with Crippen LogP contribution in [0.15, 0.2) is 41.6 Å². The van der Waals surface area contributed by atoms with Crippen molar-refractivity contribution >= 4 is 33.2 Å². The predicted octanol–water partition coefficient (Wildman–Crippen LogP) is 1.77. The number of rotatable bonds is 4. The summed E-state index contributed by atoms with van der Waals surface area (Å²) in [7, 11) is -4.28. The van der Waals surface area contributed by atoms with Crippen LogP contribution in [-0.2, 0) is 10.0 Å². The summed E-state index contributed by atoms with van der Waals surface area (Å²) >= 11 is 5.84. The Balaban J connectivity index is 2.44. The Bertz CT molecular complexity index is 811. The highest BCUT2D eigenvalue weighted by molar-refractivity contribution is 7.92. The third kappa shape index (κ3) is 3.29. The standard InChI is InChI=1S/C12H9ClFN3O3S/c13-8-4-3-7(11(15)18)6-10(8)17-21(19,20)12-9(14)2-1-5-16-12/h1-6,17H,(H2,15,18). The maximum absolute atomic E-state index is 13.5. The average Bonchev–Trinajstić information content (AvgIpc) is 2.41. The molecule has 0 aliphatic rings. The van der Waals surface area contributed by atoms with Gasteiger partial charge in [-0.1, -0.05) is 11.6 Å². The first-order chi connectivity index (χ1) is 9.81. The van der Waals surface area contributed by atoms with Crippen LogP contribution in [0.3, 0.4) is 0 Å². The van der Waals surface area contributed by atoms with Crippen molar-refractivity contribution in [2.24, 2.45) is 5.73 Å². The molecule has 1 heterocycles. The number of nitrogens with two attached hydrogens (primary N) is 1. The molecule has 0 aliphatic heterocycles. The minimum atomic E-state index is -4.28. The maximum Gasteiger partial charge on any atom is 0.282 e. The van der Waals surface area contributed by atoms with E-state index in [2.05, 4.69) is 9.71 Å². The number of halogens is 2. The number of benzene rings is 1. The fourth-order valence-electron chi connectivity index (χ4n) is 1.52. The molecule has 3 N–H and O–H groups in total. The van der Waals surface area contributed by atoms with Crippen molar-refractivity contribution in [3.8, 4) is 0 Å². The molecule has 0 saturated carbocycles. The zero-order valence-electron chi connectivity index (χ0n) is 10.4. The van der Waals surface area contributed by atoms with Gasteiger partial charge in [0.25, 0.3) is 10.0 Å². The highest BCUT2D eigenvalue weighted by Gasteiger charge is 2.22. The first-order valence-corrected chi connectivity index (χ1v) is 7.40. The Morgan fingerprint density at radius 3 is 2.67 bits per heavy atom. The quantitative estimate of drug-likeness (QED) is 0.892. The molecule has 0 saturated heterocycles. The van der Waals surface area contributed by atoms with Crippen LogP contribution in [-0.4, -0.2) is 19.3 Å². The Morgan fingerprint density at radius 2 is 2.05 bits per heavy atom. The molecule has 2 rings (SSSR count). The molecule has 1 aromatic carbocycles. The van der Waals surface area contributed by atoms with Crippen molar-refractivity contribution in [2.45, 2.75) is 5.03 Å². The van der Waals surface area contributed by atoms with Crippen molar-refractivity contribution in [3.63, 3.8) is 0 Å². The number of anilines is 1. The summed E-state index contributed by atoms with van der Waals surface area (Å²) in [6, 6.07) is 6.01. The minimum absolute atomic E-state index is 0.0277. The Labute approximate surface area is 124 Å². The molecule has 0 unspecified atom stereocenters. The predicted molar refractivity (Wildman–Crippen MR) is 75.0 cm³/mol. The van der Waals surface area contributed by atoms with Crippen LogP contribution < -0.4 is 10.5 Å². The SMILES string of the molecule is NC(=O)c1ccc(Cl)c(NS(=O)(=O)c2ncccc2F)c1. The van der Waals surface area contributed by atoms with Gasteiger partial charge >= 0.3 is 0 Å². The zero-order valence-corrected chi connectivity index (χ0v) is 12.0. The molecule has 9 heteroatoms. The monoisotopic (exact) mass is 329 g/mol. The van der Waals surface area contributed by atoms with E-state index in [1.54, 1.807) is 0 Å². The van der Waals surface area contributed by atoms with Gasteiger partial charge in [-0.2, -0.15) is 8.42 Å². The Kier molecular flexibility index (Phi) is 4.10. The molecule has 2 aromatic rings. The number of aromatic nitrogens is 1. The maximum atomic E-state index is 13.5. The number of carbonyl (C=O) groups excluding carboxylic acids is 1. The van der Waals surface area contributed by atoms with Crippen molar-refractivity contribution < 1.29 is 17.6 Å². The molecular formula is C12H9ClFN3O3S. The van der Waals surface area contributed by atoms with E-state index in [9.17, 15) is 17.6 Å². The number of sulfonamides is 1. The fraction of sp³-hybridized carbons (Fsp3) is 0. The fourth-order valence-corrected chi connectivity index (χ4v) is 2.82. The van der Waals surface area contributed by atoms with Crippen LogP contribution in [0.4, 0.5) is 10.1 Å². The molecule has 0 fully saturated rings. The molecular weight excluding hydrogens is 321 g/mol. The van der Waals surface area contributed by atoms with Gasteiger partial charge in [0.05, 0.1) is 10.7 Å². The average molecular weight is 330 g/mol. The highest BCUT2D eigenvalue weighted by Crippen LogP contribution is 2.25. The number of hydrogen-bond donors (Lipinski definition) is 2. The molecule has 6 nitrogen and oxygen atoms in total. The second-order valence-corrected chi connectivity index (χ2v) is 5.96. The Hall–Kier alpha value is -2.19. The lowest BCUT2D eigenvalue weighted by Gasteiger charge is -2.10. The summed E-state index contributed by atoms with van der Waals surface area (Å²) in [5.41, 5.74) is 5.06. The normalized spacial score (nSPS) is 11.1. The van der Waals surface area contributed by atoms with Gasteiger partial charge in [0.15, 0.2) is 5.82 Å². The van der Waals surface area contributed by atoms with Gasteiger partial charge in [-0.15, -0.1) is 0 Å². The second kappa shape index (κ2) is 5.66. The molecule has 0 radical (unpaired) electrons. The summed E-state index contributed by atoms with van der Waals surface area (Å²) in [4.78, 5) is 14.6. The number of amides is 1. The lowest BCUT2D eigenvalue weighted by molar-refractivity contribution is 0.100. The van der Waals surface area contributed by atoms with E-state index in [-0.39, 0.29) is 16.3 Å². The zero-order chi connectivity index (χ0) is 15.6. The van der Waals surface area contributed by atoms with Crippen molar-refractivity contribution in [1.29, 1.82) is 0 Å². The summed E-state index contributed by atoms with van der Waals surface area (Å²) < 4.78 is 39.7. The van der Waals surface area contributed by atoms with Gasteiger partial charge in [-0.25, -0.2) is 9.37 Å². The van der Waals surface area contributed by atoms with Crippen LogP contribution in [0.25, 0.3) is 0 Å². The van der Waals surface area contributed by atoms with E-state index < -0.39 is 26.8 Å². The van der Waals surface area contributed by atoms with Gasteiger partial charge in [0, 0.05) is 11.8 Å². The van der Waals surface area contributed by atoms with Gasteiger partial charge in [0.2, 0.25) is 10.9 Å². The van der Waals surface area contributed by atoms with E-state index in [0.717, 1.165) is 18.3 Å². The molecule has 21 heavy (non-hydrogen) atoms. The largest absolute Gasteiger partial charge is 0.366 e. The molecule has 0 atom stereocenters. The topological polar surface area (TPSA) is 102 Å². The van der Waals surface area contributed by atoms with Crippen molar-refractivity contribution in [3.05, 3.63) is 52.9 Å². The number of pyridine rings is 1. The summed E-state index contributed by atoms with van der Waals surface area (Å²) in [6.07, 6.45) is 1.14. The number of nitrogens with one attached hydrogen (secondary N) is 1. The summed E-state index contributed by atoms with van der Waals surface area (Å²) in [6.45, 7) is 0. The summed E-state index contributed by atoms with van der Waals surface area (Å²) in [5.74, 6) is -1.76. The van der Waals surface area contributed by atoms with Crippen molar-refractivity contribution in [1.82, 2.24) is 4.98 Å². The van der Waals surface area contributed by atoms with Crippen molar-refractivity contribution in [2.75, 3.05) is 4.72 Å². The molecule has 0 aliphatic carbocycles.